The second kappa shape index (κ2) is 14.5. The van der Waals surface area contributed by atoms with Crippen molar-refractivity contribution in [1.29, 1.82) is 0 Å². The zero-order valence-electron chi connectivity index (χ0n) is 34.6. The van der Waals surface area contributed by atoms with Crippen LogP contribution >= 0.6 is 0 Å². The molecule has 13 rings (SSSR count). The number of hydrogen-bond acceptors (Lipinski definition) is 3. The van der Waals surface area contributed by atoms with E-state index in [0.717, 1.165) is 55.6 Å². The van der Waals surface area contributed by atoms with Crippen molar-refractivity contribution in [3.8, 4) is 56.7 Å². The van der Waals surface area contributed by atoms with Crippen molar-refractivity contribution in [3.63, 3.8) is 0 Å². The zero-order valence-corrected chi connectivity index (χ0v) is 34.6. The molecular weight excluding hydrogens is 779 g/mol. The lowest BCUT2D eigenvalue weighted by Gasteiger charge is -2.13. The third-order valence-electron chi connectivity index (χ3n) is 12.7. The van der Waals surface area contributed by atoms with E-state index in [2.05, 4.69) is 228 Å². The van der Waals surface area contributed by atoms with Crippen LogP contribution in [0.15, 0.2) is 224 Å². The van der Waals surface area contributed by atoms with Crippen LogP contribution in [0.4, 0.5) is 0 Å². The van der Waals surface area contributed by atoms with Gasteiger partial charge in [0.2, 0.25) is 0 Å². The van der Waals surface area contributed by atoms with Crippen LogP contribution in [0.1, 0.15) is 0 Å². The van der Waals surface area contributed by atoms with Crippen LogP contribution in [-0.4, -0.2) is 24.1 Å². The van der Waals surface area contributed by atoms with Crippen LogP contribution in [0.3, 0.4) is 0 Å². The summed E-state index contributed by atoms with van der Waals surface area (Å²) in [6.07, 6.45) is 0. The lowest BCUT2D eigenvalue weighted by atomic mass is 10.0. The number of nitrogens with zero attached hydrogens (tertiary/aromatic N) is 5. The molecule has 0 atom stereocenters. The number of hydrogen-bond donors (Lipinski definition) is 0. The summed E-state index contributed by atoms with van der Waals surface area (Å²) in [4.78, 5) is 15.7. The van der Waals surface area contributed by atoms with Crippen LogP contribution in [0.2, 0.25) is 0 Å². The van der Waals surface area contributed by atoms with Gasteiger partial charge in [-0.2, -0.15) is 0 Å². The van der Waals surface area contributed by atoms with E-state index in [0.29, 0.717) is 17.5 Å². The molecule has 298 valence electrons. The molecule has 13 aromatic rings. The van der Waals surface area contributed by atoms with E-state index in [1.165, 1.54) is 48.7 Å². The zero-order chi connectivity index (χ0) is 42.1. The summed E-state index contributed by atoms with van der Waals surface area (Å²) in [5.74, 6) is 1.85. The van der Waals surface area contributed by atoms with Crippen LogP contribution < -0.4 is 0 Å². The molecule has 0 N–H and O–H groups in total. The highest BCUT2D eigenvalue weighted by molar-refractivity contribution is 6.15. The largest absolute Gasteiger partial charge is 0.309 e. The van der Waals surface area contributed by atoms with Crippen molar-refractivity contribution < 1.29 is 0 Å². The molecule has 3 aromatic heterocycles. The van der Waals surface area contributed by atoms with E-state index in [-0.39, 0.29) is 0 Å². The van der Waals surface area contributed by atoms with Gasteiger partial charge in [-0.05, 0) is 93.3 Å². The maximum Gasteiger partial charge on any atom is 0.164 e. The van der Waals surface area contributed by atoms with E-state index in [9.17, 15) is 0 Å². The Morgan fingerprint density at radius 3 is 1.44 bits per heavy atom. The van der Waals surface area contributed by atoms with E-state index in [4.69, 9.17) is 15.0 Å². The van der Waals surface area contributed by atoms with Gasteiger partial charge < -0.3 is 9.13 Å². The predicted molar refractivity (Wildman–Crippen MR) is 265 cm³/mol. The molecule has 3 heterocycles. The smallest absolute Gasteiger partial charge is 0.164 e. The fraction of sp³-hybridized carbons (Fsp3) is 0. The molecular formula is C59H37N5. The number of rotatable bonds is 6. The SMILES string of the molecule is c1ccc(-c2cccc(-c3nc(-c4cccc(-n5c6cc(-n7c8ccccc8c8ccccc87)ccc6c6cc7ccccc7cc65)c4)nc(-c4ccc5ccccc5c4)n3)c2)cc1. The van der Waals surface area contributed by atoms with Gasteiger partial charge in [-0.3, -0.25) is 0 Å². The Balaban J connectivity index is 1.03. The number of fused-ring (bicyclic) bond motifs is 8. The van der Waals surface area contributed by atoms with Crippen LogP contribution in [0.5, 0.6) is 0 Å². The molecule has 0 saturated heterocycles. The van der Waals surface area contributed by atoms with Gasteiger partial charge in [0, 0.05) is 49.6 Å². The third-order valence-corrected chi connectivity index (χ3v) is 12.7. The molecule has 0 unspecified atom stereocenters. The lowest BCUT2D eigenvalue weighted by Crippen LogP contribution is -2.01. The monoisotopic (exact) mass is 815 g/mol. The van der Waals surface area contributed by atoms with E-state index < -0.39 is 0 Å². The minimum Gasteiger partial charge on any atom is -0.309 e. The second-order valence-corrected chi connectivity index (χ2v) is 16.5. The molecule has 64 heavy (non-hydrogen) atoms. The van der Waals surface area contributed by atoms with Gasteiger partial charge in [-0.25, -0.2) is 15.0 Å². The van der Waals surface area contributed by atoms with E-state index in [1.54, 1.807) is 0 Å². The molecule has 0 aliphatic carbocycles. The quantitative estimate of drug-likeness (QED) is 0.168. The Hall–Kier alpha value is -8.67. The topological polar surface area (TPSA) is 48.5 Å². The Morgan fingerprint density at radius 2 is 0.719 bits per heavy atom. The number of aromatic nitrogens is 5. The van der Waals surface area contributed by atoms with Crippen LogP contribution in [0.25, 0.3) is 122 Å². The summed E-state index contributed by atoms with van der Waals surface area (Å²) >= 11 is 0. The van der Waals surface area contributed by atoms with E-state index >= 15 is 0 Å². The molecule has 0 amide bonds. The first kappa shape index (κ1) is 36.0. The summed E-state index contributed by atoms with van der Waals surface area (Å²) in [7, 11) is 0. The fourth-order valence-corrected chi connectivity index (χ4v) is 9.65. The summed E-state index contributed by atoms with van der Waals surface area (Å²) < 4.78 is 4.81. The number of para-hydroxylation sites is 2. The maximum atomic E-state index is 5.26. The standard InChI is InChI=1S/C59H37N5/c1-2-14-38(15-3-1)41-20-12-21-44(32-41)57-60-58(62-59(61-57)46-29-28-39-16-4-5-17-40(39)33-46)45-22-13-23-47(34-45)64-55-36-43-19-7-6-18-42(43)35-52(55)51-31-30-48(37-56(51)64)63-53-26-10-8-24-49(53)50-25-9-11-27-54(50)63/h1-37H. The van der Waals surface area contributed by atoms with Gasteiger partial charge in [0.05, 0.1) is 22.1 Å². The lowest BCUT2D eigenvalue weighted by molar-refractivity contribution is 1.07. The van der Waals surface area contributed by atoms with Crippen LogP contribution in [0, 0.1) is 0 Å². The molecule has 0 bridgehead atoms. The van der Waals surface area contributed by atoms with Gasteiger partial charge in [0.25, 0.3) is 0 Å². The third kappa shape index (κ3) is 5.90. The Morgan fingerprint density at radius 1 is 0.234 bits per heavy atom. The van der Waals surface area contributed by atoms with Crippen molar-refractivity contribution in [3.05, 3.63) is 224 Å². The summed E-state index contributed by atoms with van der Waals surface area (Å²) in [6.45, 7) is 0. The van der Waals surface area contributed by atoms with Gasteiger partial charge in [-0.1, -0.05) is 164 Å². The first-order valence-corrected chi connectivity index (χ1v) is 21.7. The first-order chi connectivity index (χ1) is 31.7. The van der Waals surface area contributed by atoms with Gasteiger partial charge in [0.15, 0.2) is 17.5 Å². The van der Waals surface area contributed by atoms with Crippen molar-refractivity contribution in [2.75, 3.05) is 0 Å². The molecule has 0 fully saturated rings. The number of benzene rings is 10. The summed E-state index contributed by atoms with van der Waals surface area (Å²) in [6, 6.07) is 80.0. The molecule has 0 aliphatic heterocycles. The summed E-state index contributed by atoms with van der Waals surface area (Å²) in [5.41, 5.74) is 11.7. The molecule has 0 saturated carbocycles. The second-order valence-electron chi connectivity index (χ2n) is 16.5. The van der Waals surface area contributed by atoms with E-state index in [1.807, 2.05) is 6.07 Å². The molecule has 10 aromatic carbocycles. The maximum absolute atomic E-state index is 5.26. The summed E-state index contributed by atoms with van der Waals surface area (Å²) in [5, 5.41) is 9.58. The van der Waals surface area contributed by atoms with Crippen LogP contribution in [-0.2, 0) is 0 Å². The highest BCUT2D eigenvalue weighted by atomic mass is 15.0. The Bertz CT molecular complexity index is 3920. The molecule has 5 heteroatoms. The van der Waals surface area contributed by atoms with Crippen molar-refractivity contribution in [2.24, 2.45) is 0 Å². The minimum absolute atomic E-state index is 0.609. The van der Waals surface area contributed by atoms with Gasteiger partial charge in [0.1, 0.15) is 0 Å². The average Bonchev–Trinajstić information content (AvgIpc) is 3.87. The van der Waals surface area contributed by atoms with Crippen molar-refractivity contribution in [2.45, 2.75) is 0 Å². The van der Waals surface area contributed by atoms with Crippen molar-refractivity contribution >= 4 is 65.2 Å². The van der Waals surface area contributed by atoms with Gasteiger partial charge >= 0.3 is 0 Å². The average molecular weight is 816 g/mol. The van der Waals surface area contributed by atoms with Gasteiger partial charge in [-0.15, -0.1) is 0 Å². The van der Waals surface area contributed by atoms with Crippen molar-refractivity contribution in [1.82, 2.24) is 24.1 Å². The highest BCUT2D eigenvalue weighted by Crippen LogP contribution is 2.39. The minimum atomic E-state index is 0.609. The first-order valence-electron chi connectivity index (χ1n) is 21.7. The Labute approximate surface area is 368 Å². The molecule has 0 aliphatic rings. The molecule has 0 radical (unpaired) electrons. The molecule has 0 spiro atoms. The fourth-order valence-electron chi connectivity index (χ4n) is 9.65. The Kier molecular flexibility index (Phi) is 8.15. The predicted octanol–water partition coefficient (Wildman–Crippen LogP) is 15.0. The highest BCUT2D eigenvalue weighted by Gasteiger charge is 2.19. The molecule has 5 nitrogen and oxygen atoms in total. The normalized spacial score (nSPS) is 11.8.